The Morgan fingerprint density at radius 3 is 2.87 bits per heavy atom. The van der Waals surface area contributed by atoms with E-state index >= 15 is 0 Å². The molecule has 0 heterocycles. The van der Waals surface area contributed by atoms with Gasteiger partial charge in [-0.15, -0.1) is 0 Å². The van der Waals surface area contributed by atoms with Crippen LogP contribution in [0.5, 0.6) is 0 Å². The number of benzene rings is 1. The van der Waals surface area contributed by atoms with Gasteiger partial charge in [-0.05, 0) is 12.1 Å². The highest BCUT2D eigenvalue weighted by Gasteiger charge is 2.05. The molecule has 4 nitrogen and oxygen atoms in total. The van der Waals surface area contributed by atoms with E-state index < -0.39 is 5.97 Å². The molecule has 1 aromatic rings. The fourth-order valence-corrected chi connectivity index (χ4v) is 1.53. The average molecular weight is 292 g/mol. The SMILES string of the molecule is COC(=O)C=NN(Br)c1ccccc1Cl. The minimum Gasteiger partial charge on any atom is -0.465 e. The number of methoxy groups -OCH3 is 1. The second-order valence-corrected chi connectivity index (χ2v) is 3.56. The van der Waals surface area contributed by atoms with E-state index in [1.165, 1.54) is 11.1 Å². The Hall–Kier alpha value is -1.07. The van der Waals surface area contributed by atoms with Crippen molar-refractivity contribution in [1.82, 2.24) is 0 Å². The summed E-state index contributed by atoms with van der Waals surface area (Å²) in [6, 6.07) is 7.09. The predicted octanol–water partition coefficient (Wildman–Crippen LogP) is 2.62. The van der Waals surface area contributed by atoms with Gasteiger partial charge in [-0.3, -0.25) is 0 Å². The predicted molar refractivity (Wildman–Crippen MR) is 63.4 cm³/mol. The molecule has 0 fully saturated rings. The zero-order valence-corrected chi connectivity index (χ0v) is 10.2. The molecule has 0 amide bonds. The smallest absolute Gasteiger partial charge is 0.350 e. The van der Waals surface area contributed by atoms with Gasteiger partial charge in [0.05, 0.1) is 34.0 Å². The molecular weight excluding hydrogens is 283 g/mol. The summed E-state index contributed by atoms with van der Waals surface area (Å²) in [4.78, 5) is 10.8. The van der Waals surface area contributed by atoms with E-state index in [1.54, 1.807) is 18.2 Å². The summed E-state index contributed by atoms with van der Waals surface area (Å²) in [5, 5.41) is 4.32. The molecule has 80 valence electrons. The zero-order chi connectivity index (χ0) is 11.3. The van der Waals surface area contributed by atoms with E-state index in [1.807, 2.05) is 6.07 Å². The third-order valence-electron chi connectivity index (χ3n) is 1.52. The summed E-state index contributed by atoms with van der Waals surface area (Å²) >= 11 is 9.04. The van der Waals surface area contributed by atoms with Gasteiger partial charge in [-0.1, -0.05) is 23.7 Å². The lowest BCUT2D eigenvalue weighted by molar-refractivity contribution is -0.132. The van der Waals surface area contributed by atoms with Crippen LogP contribution in [0.4, 0.5) is 5.69 Å². The topological polar surface area (TPSA) is 41.9 Å². The summed E-state index contributed by atoms with van der Waals surface area (Å²) in [6.45, 7) is 0. The quantitative estimate of drug-likeness (QED) is 0.372. The van der Waals surface area contributed by atoms with Crippen LogP contribution in [-0.4, -0.2) is 19.3 Å². The highest BCUT2D eigenvalue weighted by atomic mass is 79.9. The van der Waals surface area contributed by atoms with E-state index in [0.717, 1.165) is 6.21 Å². The number of esters is 1. The number of ether oxygens (including phenoxy) is 1. The summed E-state index contributed by atoms with van der Waals surface area (Å²) < 4.78 is 5.71. The van der Waals surface area contributed by atoms with Gasteiger partial charge < -0.3 is 4.74 Å². The van der Waals surface area contributed by atoms with Gasteiger partial charge in [0.15, 0.2) is 0 Å². The maximum atomic E-state index is 10.8. The number of halogens is 2. The van der Waals surface area contributed by atoms with Crippen LogP contribution >= 0.6 is 27.7 Å². The Labute approximate surface area is 101 Å². The van der Waals surface area contributed by atoms with Crippen molar-refractivity contribution >= 4 is 45.6 Å². The first-order valence-electron chi connectivity index (χ1n) is 3.97. The molecule has 0 unspecified atom stereocenters. The molecule has 0 atom stereocenters. The number of carbonyl (C=O) groups is 1. The number of hydrazone groups is 1. The van der Waals surface area contributed by atoms with Crippen molar-refractivity contribution in [1.29, 1.82) is 0 Å². The first kappa shape index (κ1) is 12.0. The van der Waals surface area contributed by atoms with Gasteiger partial charge in [0, 0.05) is 0 Å². The third kappa shape index (κ3) is 3.53. The van der Waals surface area contributed by atoms with Crippen LogP contribution in [0.15, 0.2) is 29.4 Å². The summed E-state index contributed by atoms with van der Waals surface area (Å²) in [7, 11) is 1.28. The first-order valence-corrected chi connectivity index (χ1v) is 5.06. The van der Waals surface area contributed by atoms with Crippen molar-refractivity contribution in [2.75, 3.05) is 11.1 Å². The molecule has 6 heteroatoms. The Balaban J connectivity index is 2.77. The Morgan fingerprint density at radius 1 is 1.60 bits per heavy atom. The van der Waals surface area contributed by atoms with Crippen molar-refractivity contribution in [3.8, 4) is 0 Å². The minimum absolute atomic E-state index is 0.524. The Morgan fingerprint density at radius 2 is 2.27 bits per heavy atom. The van der Waals surface area contributed by atoms with Gasteiger partial charge in [-0.2, -0.15) is 9.14 Å². The zero-order valence-electron chi connectivity index (χ0n) is 7.85. The van der Waals surface area contributed by atoms with Crippen LogP contribution in [-0.2, 0) is 9.53 Å². The van der Waals surface area contributed by atoms with Gasteiger partial charge in [-0.25, -0.2) is 4.79 Å². The van der Waals surface area contributed by atoms with Crippen LogP contribution in [0.25, 0.3) is 0 Å². The highest BCUT2D eigenvalue weighted by Crippen LogP contribution is 2.27. The molecule has 15 heavy (non-hydrogen) atoms. The molecule has 0 saturated carbocycles. The summed E-state index contributed by atoms with van der Waals surface area (Å²) in [5.74, 6) is -0.536. The molecule has 0 aliphatic heterocycles. The van der Waals surface area contributed by atoms with E-state index in [-0.39, 0.29) is 0 Å². The molecule has 0 aromatic heterocycles. The lowest BCUT2D eigenvalue weighted by Gasteiger charge is -2.10. The summed E-state index contributed by atoms with van der Waals surface area (Å²) in [6.07, 6.45) is 1.04. The molecule has 1 aromatic carbocycles. The van der Waals surface area contributed by atoms with Crippen LogP contribution in [0.3, 0.4) is 0 Å². The van der Waals surface area contributed by atoms with Crippen LogP contribution < -0.4 is 4.03 Å². The van der Waals surface area contributed by atoms with E-state index in [4.69, 9.17) is 11.6 Å². The molecule has 0 bridgehead atoms. The number of hydrogen-bond donors (Lipinski definition) is 0. The minimum atomic E-state index is -0.536. The molecule has 0 spiro atoms. The van der Waals surface area contributed by atoms with E-state index in [2.05, 4.69) is 26.0 Å². The fraction of sp³-hybridized carbons (Fsp3) is 0.111. The Kier molecular flexibility index (Phi) is 4.58. The number of nitrogens with zero attached hydrogens (tertiary/aromatic N) is 2. The van der Waals surface area contributed by atoms with Crippen LogP contribution in [0.1, 0.15) is 0 Å². The Bertz CT molecular complexity index is 384. The average Bonchev–Trinajstić information content (AvgIpc) is 2.26. The lowest BCUT2D eigenvalue weighted by Crippen LogP contribution is -2.07. The fourth-order valence-electron chi connectivity index (χ4n) is 0.814. The van der Waals surface area contributed by atoms with Crippen molar-refractivity contribution in [3.63, 3.8) is 0 Å². The monoisotopic (exact) mass is 290 g/mol. The van der Waals surface area contributed by atoms with Crippen molar-refractivity contribution in [3.05, 3.63) is 29.3 Å². The van der Waals surface area contributed by atoms with Gasteiger partial charge in [0.1, 0.15) is 6.21 Å². The third-order valence-corrected chi connectivity index (χ3v) is 2.40. The number of anilines is 1. The lowest BCUT2D eigenvalue weighted by atomic mass is 10.3. The molecule has 0 N–H and O–H groups in total. The number of hydrogen-bond acceptors (Lipinski definition) is 4. The summed E-state index contributed by atoms with van der Waals surface area (Å²) in [5.41, 5.74) is 0.638. The van der Waals surface area contributed by atoms with Crippen molar-refractivity contribution < 1.29 is 9.53 Å². The van der Waals surface area contributed by atoms with Crippen LogP contribution in [0.2, 0.25) is 5.02 Å². The number of rotatable bonds is 3. The largest absolute Gasteiger partial charge is 0.465 e. The maximum absolute atomic E-state index is 10.8. The van der Waals surface area contributed by atoms with Gasteiger partial charge in [0.2, 0.25) is 0 Å². The second kappa shape index (κ2) is 5.72. The van der Waals surface area contributed by atoms with Crippen LogP contribution in [0, 0.1) is 0 Å². The number of carbonyl (C=O) groups excluding carboxylic acids is 1. The van der Waals surface area contributed by atoms with E-state index in [9.17, 15) is 4.79 Å². The highest BCUT2D eigenvalue weighted by molar-refractivity contribution is 9.10. The number of para-hydroxylation sites is 1. The standard InChI is InChI=1S/C9H8BrClN2O2/c1-15-9(14)6-12-13(10)8-5-3-2-4-7(8)11/h2-6H,1H3. The molecule has 1 rings (SSSR count). The van der Waals surface area contributed by atoms with Crippen molar-refractivity contribution in [2.45, 2.75) is 0 Å². The molecule has 0 aliphatic rings. The maximum Gasteiger partial charge on any atom is 0.350 e. The van der Waals surface area contributed by atoms with Gasteiger partial charge in [0.25, 0.3) is 0 Å². The van der Waals surface area contributed by atoms with E-state index in [0.29, 0.717) is 10.7 Å². The van der Waals surface area contributed by atoms with Gasteiger partial charge >= 0.3 is 5.97 Å². The molecule has 0 radical (unpaired) electrons. The molecule has 0 aliphatic carbocycles. The molecule has 0 saturated heterocycles. The molecular formula is C9H8BrClN2O2. The van der Waals surface area contributed by atoms with Crippen molar-refractivity contribution in [2.24, 2.45) is 5.10 Å². The normalized spacial score (nSPS) is 10.3. The first-order chi connectivity index (χ1) is 7.15. The second-order valence-electron chi connectivity index (χ2n) is 2.48.